The minimum atomic E-state index is 0.129. The van der Waals surface area contributed by atoms with Crippen LogP contribution in [0.15, 0.2) is 35.3 Å². The van der Waals surface area contributed by atoms with E-state index in [9.17, 15) is 4.79 Å². The molecule has 4 heteroatoms. The van der Waals surface area contributed by atoms with Crippen molar-refractivity contribution >= 4 is 11.7 Å². The van der Waals surface area contributed by atoms with Gasteiger partial charge < -0.3 is 10.6 Å². The zero-order chi connectivity index (χ0) is 13.4. The summed E-state index contributed by atoms with van der Waals surface area (Å²) in [5.74, 6) is 0.618. The Kier molecular flexibility index (Phi) is 5.91. The maximum Gasteiger partial charge on any atom is 0.224 e. The first-order chi connectivity index (χ1) is 8.69. The lowest BCUT2D eigenvalue weighted by Crippen LogP contribution is -2.30. The van der Waals surface area contributed by atoms with Crippen molar-refractivity contribution < 1.29 is 4.79 Å². The molecule has 0 atom stereocenters. The van der Waals surface area contributed by atoms with E-state index in [-0.39, 0.29) is 5.91 Å². The molecule has 1 aromatic carbocycles. The molecule has 0 bridgehead atoms. The van der Waals surface area contributed by atoms with Crippen molar-refractivity contribution in [2.45, 2.75) is 20.3 Å². The van der Waals surface area contributed by atoms with Gasteiger partial charge in [-0.2, -0.15) is 0 Å². The number of nitrogens with zero attached hydrogens (tertiary/aromatic N) is 2. The van der Waals surface area contributed by atoms with Gasteiger partial charge in [-0.1, -0.05) is 30.3 Å². The van der Waals surface area contributed by atoms with Gasteiger partial charge in [0.2, 0.25) is 5.91 Å². The Balaban J connectivity index is 2.48. The van der Waals surface area contributed by atoms with Crippen LogP contribution in [0, 0.1) is 0 Å². The molecule has 0 saturated heterocycles. The molecule has 1 aromatic rings. The summed E-state index contributed by atoms with van der Waals surface area (Å²) in [7, 11) is 0. The van der Waals surface area contributed by atoms with E-state index in [1.165, 1.54) is 0 Å². The average molecular weight is 247 g/mol. The Morgan fingerprint density at radius 3 is 2.39 bits per heavy atom. The van der Waals surface area contributed by atoms with E-state index >= 15 is 0 Å². The second kappa shape index (κ2) is 7.48. The number of benzene rings is 1. The highest BCUT2D eigenvalue weighted by atomic mass is 16.2. The van der Waals surface area contributed by atoms with E-state index in [2.05, 4.69) is 4.99 Å². The van der Waals surface area contributed by atoms with E-state index in [0.717, 1.165) is 18.7 Å². The Morgan fingerprint density at radius 1 is 1.22 bits per heavy atom. The molecule has 98 valence electrons. The number of hydrogen-bond acceptors (Lipinski definition) is 2. The molecule has 0 unspecified atom stereocenters. The summed E-state index contributed by atoms with van der Waals surface area (Å²) in [6.07, 6.45) is 0.412. The van der Waals surface area contributed by atoms with Gasteiger partial charge in [-0.05, 0) is 13.8 Å². The molecular formula is C14H21N3O. The third-order valence-corrected chi connectivity index (χ3v) is 2.79. The van der Waals surface area contributed by atoms with E-state index in [4.69, 9.17) is 5.73 Å². The molecular weight excluding hydrogens is 226 g/mol. The van der Waals surface area contributed by atoms with Crippen molar-refractivity contribution in [2.24, 2.45) is 10.7 Å². The van der Waals surface area contributed by atoms with Gasteiger partial charge >= 0.3 is 0 Å². The standard InChI is InChI=1S/C14H21N3O/c1-3-17(4-2)13(18)10-11-16-14(15)12-8-6-5-7-9-12/h5-9H,3-4,10-11H2,1-2H3,(H2,15,16). The molecule has 0 saturated carbocycles. The van der Waals surface area contributed by atoms with Crippen LogP contribution in [0.2, 0.25) is 0 Å². The molecule has 0 heterocycles. The van der Waals surface area contributed by atoms with Crippen LogP contribution in [-0.4, -0.2) is 36.3 Å². The lowest BCUT2D eigenvalue weighted by atomic mass is 10.2. The molecule has 18 heavy (non-hydrogen) atoms. The number of aliphatic imine (C=N–C) groups is 1. The fourth-order valence-corrected chi connectivity index (χ4v) is 1.71. The predicted octanol–water partition coefficient (Wildman–Crippen LogP) is 1.65. The van der Waals surface area contributed by atoms with Crippen LogP contribution in [-0.2, 0) is 4.79 Å². The van der Waals surface area contributed by atoms with E-state index in [1.54, 1.807) is 4.90 Å². The number of carbonyl (C=O) groups excluding carboxylic acids is 1. The quantitative estimate of drug-likeness (QED) is 0.614. The Morgan fingerprint density at radius 2 is 1.83 bits per heavy atom. The van der Waals surface area contributed by atoms with Crippen LogP contribution >= 0.6 is 0 Å². The smallest absolute Gasteiger partial charge is 0.224 e. The van der Waals surface area contributed by atoms with Crippen molar-refractivity contribution in [1.29, 1.82) is 0 Å². The van der Waals surface area contributed by atoms with E-state index in [0.29, 0.717) is 18.8 Å². The molecule has 0 spiro atoms. The highest BCUT2D eigenvalue weighted by Crippen LogP contribution is 1.99. The minimum Gasteiger partial charge on any atom is -0.384 e. The first-order valence-electron chi connectivity index (χ1n) is 6.32. The minimum absolute atomic E-state index is 0.129. The molecule has 1 amide bonds. The molecule has 0 radical (unpaired) electrons. The number of amides is 1. The van der Waals surface area contributed by atoms with Crippen LogP contribution in [0.4, 0.5) is 0 Å². The largest absolute Gasteiger partial charge is 0.384 e. The average Bonchev–Trinajstić information content (AvgIpc) is 2.41. The van der Waals surface area contributed by atoms with Gasteiger partial charge in [-0.15, -0.1) is 0 Å². The predicted molar refractivity (Wildman–Crippen MR) is 74.6 cm³/mol. The number of rotatable bonds is 6. The highest BCUT2D eigenvalue weighted by Gasteiger charge is 2.08. The fourth-order valence-electron chi connectivity index (χ4n) is 1.71. The molecule has 0 aromatic heterocycles. The van der Waals surface area contributed by atoms with Crippen LogP contribution < -0.4 is 5.73 Å². The van der Waals surface area contributed by atoms with Crippen molar-refractivity contribution in [3.05, 3.63) is 35.9 Å². The third kappa shape index (κ3) is 4.20. The monoisotopic (exact) mass is 247 g/mol. The first-order valence-corrected chi connectivity index (χ1v) is 6.32. The number of hydrogen-bond donors (Lipinski definition) is 1. The SMILES string of the molecule is CCN(CC)C(=O)CCN=C(N)c1ccccc1. The summed E-state index contributed by atoms with van der Waals surface area (Å²) >= 11 is 0. The molecule has 0 aliphatic carbocycles. The fraction of sp³-hybridized carbons (Fsp3) is 0.429. The summed E-state index contributed by atoms with van der Waals surface area (Å²) in [5.41, 5.74) is 6.74. The lowest BCUT2D eigenvalue weighted by molar-refractivity contribution is -0.130. The van der Waals surface area contributed by atoms with Crippen LogP contribution in [0.5, 0.6) is 0 Å². The summed E-state index contributed by atoms with van der Waals surface area (Å²) in [6.45, 7) is 5.88. The van der Waals surface area contributed by atoms with Gasteiger partial charge in [-0.3, -0.25) is 9.79 Å². The van der Waals surface area contributed by atoms with Gasteiger partial charge in [0.1, 0.15) is 5.84 Å². The summed E-state index contributed by atoms with van der Waals surface area (Å²) in [6, 6.07) is 9.58. The van der Waals surface area contributed by atoms with Gasteiger partial charge in [-0.25, -0.2) is 0 Å². The summed E-state index contributed by atoms with van der Waals surface area (Å²) < 4.78 is 0. The van der Waals surface area contributed by atoms with E-state index in [1.807, 2.05) is 44.2 Å². The van der Waals surface area contributed by atoms with Crippen molar-refractivity contribution in [2.75, 3.05) is 19.6 Å². The number of amidine groups is 1. The van der Waals surface area contributed by atoms with Crippen LogP contribution in [0.1, 0.15) is 25.8 Å². The number of nitrogens with two attached hydrogens (primary N) is 1. The molecule has 4 nitrogen and oxygen atoms in total. The van der Waals surface area contributed by atoms with Gasteiger partial charge in [0.15, 0.2) is 0 Å². The van der Waals surface area contributed by atoms with Gasteiger partial charge in [0, 0.05) is 25.1 Å². The summed E-state index contributed by atoms with van der Waals surface area (Å²) in [5, 5.41) is 0. The Bertz CT molecular complexity index is 397. The van der Waals surface area contributed by atoms with Crippen molar-refractivity contribution in [1.82, 2.24) is 4.90 Å². The zero-order valence-electron chi connectivity index (χ0n) is 11.1. The maximum atomic E-state index is 11.7. The second-order valence-corrected chi connectivity index (χ2v) is 3.95. The van der Waals surface area contributed by atoms with Gasteiger partial charge in [0.05, 0.1) is 6.54 Å². The van der Waals surface area contributed by atoms with Gasteiger partial charge in [0.25, 0.3) is 0 Å². The number of carbonyl (C=O) groups is 1. The topological polar surface area (TPSA) is 58.7 Å². The molecule has 0 fully saturated rings. The maximum absolute atomic E-state index is 11.7. The lowest BCUT2D eigenvalue weighted by Gasteiger charge is -2.17. The third-order valence-electron chi connectivity index (χ3n) is 2.79. The normalized spacial score (nSPS) is 11.3. The summed E-state index contributed by atoms with van der Waals surface area (Å²) in [4.78, 5) is 17.8. The first kappa shape index (κ1) is 14.2. The van der Waals surface area contributed by atoms with Crippen molar-refractivity contribution in [3.8, 4) is 0 Å². The van der Waals surface area contributed by atoms with Crippen molar-refractivity contribution in [3.63, 3.8) is 0 Å². The highest BCUT2D eigenvalue weighted by molar-refractivity contribution is 5.97. The van der Waals surface area contributed by atoms with Crippen LogP contribution in [0.25, 0.3) is 0 Å². The zero-order valence-corrected chi connectivity index (χ0v) is 11.1. The molecule has 0 aliphatic heterocycles. The molecule has 2 N–H and O–H groups in total. The molecule has 0 aliphatic rings. The Hall–Kier alpha value is -1.84. The van der Waals surface area contributed by atoms with Crippen LogP contribution in [0.3, 0.4) is 0 Å². The Labute approximate surface area is 109 Å². The van der Waals surface area contributed by atoms with E-state index < -0.39 is 0 Å². The second-order valence-electron chi connectivity index (χ2n) is 3.95. The molecule has 1 rings (SSSR count).